The average molecular weight is 248 g/mol. The van der Waals surface area contributed by atoms with Crippen LogP contribution in [-0.4, -0.2) is 21.3 Å². The zero-order valence-corrected chi connectivity index (χ0v) is 9.15. The van der Waals surface area contributed by atoms with Gasteiger partial charge in [0.05, 0.1) is 16.2 Å². The minimum Gasteiger partial charge on any atom is -0.383 e. The summed E-state index contributed by atoms with van der Waals surface area (Å²) >= 11 is 5.34. The molecule has 0 unspecified atom stereocenters. The molecule has 1 aromatic rings. The van der Waals surface area contributed by atoms with Crippen molar-refractivity contribution in [1.82, 2.24) is 9.78 Å². The van der Waals surface area contributed by atoms with Gasteiger partial charge in [-0.3, -0.25) is 0 Å². The highest BCUT2D eigenvalue weighted by atomic mass is 79.9. The van der Waals surface area contributed by atoms with Crippen LogP contribution in [0.3, 0.4) is 0 Å². The van der Waals surface area contributed by atoms with Gasteiger partial charge in [-0.15, -0.1) is 0 Å². The van der Waals surface area contributed by atoms with Gasteiger partial charge in [-0.25, -0.2) is 4.68 Å². The van der Waals surface area contributed by atoms with Crippen molar-refractivity contribution >= 4 is 33.5 Å². The molecular formula is C7H10BrN3S. The van der Waals surface area contributed by atoms with Crippen LogP contribution < -0.4 is 5.73 Å². The van der Waals surface area contributed by atoms with Crippen LogP contribution in [0.5, 0.6) is 0 Å². The molecule has 0 spiro atoms. The largest absolute Gasteiger partial charge is 0.383 e. The first kappa shape index (κ1) is 8.44. The number of nitrogens with two attached hydrogens (primary N) is 1. The van der Waals surface area contributed by atoms with Crippen molar-refractivity contribution in [3.8, 4) is 0 Å². The zero-order chi connectivity index (χ0) is 8.72. The number of rotatable bonds is 1. The average Bonchev–Trinajstić information content (AvgIpc) is 2.15. The molecule has 1 aliphatic heterocycles. The molecule has 1 aromatic heterocycles. The van der Waals surface area contributed by atoms with Crippen molar-refractivity contribution in [2.45, 2.75) is 13.0 Å². The van der Waals surface area contributed by atoms with E-state index in [1.807, 2.05) is 23.4 Å². The molecule has 0 amide bonds. The van der Waals surface area contributed by atoms with Crippen molar-refractivity contribution in [3.63, 3.8) is 0 Å². The molecule has 0 aromatic carbocycles. The van der Waals surface area contributed by atoms with Crippen LogP contribution in [0.4, 0.5) is 5.82 Å². The van der Waals surface area contributed by atoms with Gasteiger partial charge >= 0.3 is 0 Å². The lowest BCUT2D eigenvalue weighted by Crippen LogP contribution is -2.25. The number of halogens is 1. The fourth-order valence-corrected chi connectivity index (χ4v) is 2.18. The predicted octanol–water partition coefficient (Wildman–Crippen LogP) is 1.82. The molecule has 1 aliphatic rings. The van der Waals surface area contributed by atoms with E-state index in [4.69, 9.17) is 5.73 Å². The molecule has 5 heteroatoms. The number of aryl methyl sites for hydroxylation is 1. The number of aromatic nitrogens is 2. The quantitative estimate of drug-likeness (QED) is 0.824. The summed E-state index contributed by atoms with van der Waals surface area (Å²) in [5.41, 5.74) is 6.83. The maximum atomic E-state index is 5.86. The van der Waals surface area contributed by atoms with Crippen LogP contribution in [0.1, 0.15) is 11.7 Å². The Morgan fingerprint density at radius 1 is 1.67 bits per heavy atom. The highest BCUT2D eigenvalue weighted by molar-refractivity contribution is 9.10. The third-order valence-electron chi connectivity index (χ3n) is 2.01. The van der Waals surface area contributed by atoms with E-state index in [2.05, 4.69) is 21.0 Å². The first-order valence-electron chi connectivity index (χ1n) is 3.78. The Bertz CT molecular complexity index is 306. The Balaban J connectivity index is 2.36. The number of thioether (sulfide) groups is 1. The molecule has 1 fully saturated rings. The van der Waals surface area contributed by atoms with Crippen LogP contribution in [0, 0.1) is 6.92 Å². The Morgan fingerprint density at radius 3 is 2.67 bits per heavy atom. The number of hydrogen-bond donors (Lipinski definition) is 1. The van der Waals surface area contributed by atoms with Crippen LogP contribution in [-0.2, 0) is 0 Å². The summed E-state index contributed by atoms with van der Waals surface area (Å²) in [6, 6.07) is 0.514. The molecule has 0 bridgehead atoms. The Kier molecular flexibility index (Phi) is 2.08. The standard InChI is InChI=1S/C7H10BrN3S/c1-4-6(8)7(9)11(10-4)5-2-12-3-5/h5H,2-3,9H2,1H3. The third-order valence-corrected chi connectivity index (χ3v) is 4.23. The summed E-state index contributed by atoms with van der Waals surface area (Å²) in [5, 5.41) is 4.36. The Hall–Kier alpha value is -0.160. The smallest absolute Gasteiger partial charge is 0.136 e. The Morgan fingerprint density at radius 2 is 2.33 bits per heavy atom. The molecule has 2 N–H and O–H groups in total. The summed E-state index contributed by atoms with van der Waals surface area (Å²) in [6.45, 7) is 1.96. The van der Waals surface area contributed by atoms with E-state index in [1.165, 1.54) is 0 Å². The monoisotopic (exact) mass is 247 g/mol. The second-order valence-electron chi connectivity index (χ2n) is 2.92. The second-order valence-corrected chi connectivity index (χ2v) is 4.79. The van der Waals surface area contributed by atoms with E-state index < -0.39 is 0 Å². The summed E-state index contributed by atoms with van der Waals surface area (Å²) in [4.78, 5) is 0. The summed E-state index contributed by atoms with van der Waals surface area (Å²) in [7, 11) is 0. The van der Waals surface area contributed by atoms with E-state index in [9.17, 15) is 0 Å². The minimum absolute atomic E-state index is 0.514. The molecule has 2 heterocycles. The van der Waals surface area contributed by atoms with E-state index in [0.29, 0.717) is 6.04 Å². The van der Waals surface area contributed by atoms with E-state index >= 15 is 0 Å². The molecule has 12 heavy (non-hydrogen) atoms. The molecule has 0 saturated carbocycles. The summed E-state index contributed by atoms with van der Waals surface area (Å²) in [6.07, 6.45) is 0. The first-order chi connectivity index (χ1) is 5.70. The van der Waals surface area contributed by atoms with Gasteiger partial charge in [-0.2, -0.15) is 16.9 Å². The summed E-state index contributed by atoms with van der Waals surface area (Å²) in [5.74, 6) is 3.04. The van der Waals surface area contributed by atoms with Gasteiger partial charge in [-0.1, -0.05) is 0 Å². The lowest BCUT2D eigenvalue weighted by molar-refractivity contribution is 0.531. The Labute approximate surface area is 83.8 Å². The molecule has 0 radical (unpaired) electrons. The highest BCUT2D eigenvalue weighted by Gasteiger charge is 2.24. The summed E-state index contributed by atoms with van der Waals surface area (Å²) < 4.78 is 2.87. The number of nitrogens with zero attached hydrogens (tertiary/aromatic N) is 2. The minimum atomic E-state index is 0.514. The van der Waals surface area contributed by atoms with Crippen LogP contribution in [0.2, 0.25) is 0 Å². The van der Waals surface area contributed by atoms with Gasteiger partial charge in [0.15, 0.2) is 0 Å². The topological polar surface area (TPSA) is 43.8 Å². The first-order valence-corrected chi connectivity index (χ1v) is 5.72. The van der Waals surface area contributed by atoms with Crippen molar-refractivity contribution in [3.05, 3.63) is 10.2 Å². The van der Waals surface area contributed by atoms with Gasteiger partial charge in [-0.05, 0) is 22.9 Å². The van der Waals surface area contributed by atoms with Gasteiger partial charge in [0.1, 0.15) is 5.82 Å². The van der Waals surface area contributed by atoms with Crippen molar-refractivity contribution in [2.75, 3.05) is 17.2 Å². The van der Waals surface area contributed by atoms with Crippen molar-refractivity contribution in [1.29, 1.82) is 0 Å². The van der Waals surface area contributed by atoms with Gasteiger partial charge in [0.2, 0.25) is 0 Å². The molecule has 0 aliphatic carbocycles. The van der Waals surface area contributed by atoms with Crippen LogP contribution >= 0.6 is 27.7 Å². The van der Waals surface area contributed by atoms with Gasteiger partial charge in [0, 0.05) is 11.5 Å². The molecular weight excluding hydrogens is 238 g/mol. The highest BCUT2D eigenvalue weighted by Crippen LogP contribution is 2.34. The normalized spacial score (nSPS) is 17.8. The fraction of sp³-hybridized carbons (Fsp3) is 0.571. The fourth-order valence-electron chi connectivity index (χ4n) is 1.19. The van der Waals surface area contributed by atoms with E-state index in [0.717, 1.165) is 27.5 Å². The van der Waals surface area contributed by atoms with Crippen molar-refractivity contribution < 1.29 is 0 Å². The van der Waals surface area contributed by atoms with Crippen LogP contribution in [0.15, 0.2) is 4.47 Å². The lowest BCUT2D eigenvalue weighted by atomic mass is 10.4. The maximum absolute atomic E-state index is 5.86. The molecule has 2 rings (SSSR count). The third kappa shape index (κ3) is 1.15. The molecule has 0 atom stereocenters. The number of anilines is 1. The maximum Gasteiger partial charge on any atom is 0.136 e. The molecule has 66 valence electrons. The SMILES string of the molecule is Cc1nn(C2CSC2)c(N)c1Br. The van der Waals surface area contributed by atoms with Gasteiger partial charge < -0.3 is 5.73 Å². The predicted molar refractivity (Wildman–Crippen MR) is 55.4 cm³/mol. The zero-order valence-electron chi connectivity index (χ0n) is 6.75. The molecule has 3 nitrogen and oxygen atoms in total. The number of hydrogen-bond acceptors (Lipinski definition) is 3. The number of nitrogen functional groups attached to an aromatic ring is 1. The van der Waals surface area contributed by atoms with Crippen LogP contribution in [0.25, 0.3) is 0 Å². The molecule has 1 saturated heterocycles. The second kappa shape index (κ2) is 2.96. The lowest BCUT2D eigenvalue weighted by Gasteiger charge is -2.25. The van der Waals surface area contributed by atoms with Gasteiger partial charge in [0.25, 0.3) is 0 Å². The van der Waals surface area contributed by atoms with E-state index in [1.54, 1.807) is 0 Å². The van der Waals surface area contributed by atoms with Crippen molar-refractivity contribution in [2.24, 2.45) is 0 Å². The van der Waals surface area contributed by atoms with E-state index in [-0.39, 0.29) is 0 Å².